The van der Waals surface area contributed by atoms with Gasteiger partial charge >= 0.3 is 0 Å². The molecule has 0 atom stereocenters. The van der Waals surface area contributed by atoms with Gasteiger partial charge in [-0.3, -0.25) is 0 Å². The fourth-order valence-corrected chi connectivity index (χ4v) is 1.61. The summed E-state index contributed by atoms with van der Waals surface area (Å²) in [5.74, 6) is 0. The van der Waals surface area contributed by atoms with Crippen molar-refractivity contribution >= 4 is 5.69 Å². The highest BCUT2D eigenvalue weighted by Gasteiger charge is 2.20. The Kier molecular flexibility index (Phi) is 3.73. The monoisotopic (exact) mass is 214 g/mol. The average molecular weight is 214 g/mol. The maximum absolute atomic E-state index is 8.75. The first-order chi connectivity index (χ1) is 7.49. The SMILES string of the molecule is C=CCN(c1ccc(C#N)cc1)C(C)(C)C. The number of nitrogens with zero attached hydrogens (tertiary/aromatic N) is 2. The van der Waals surface area contributed by atoms with Gasteiger partial charge in [0.2, 0.25) is 0 Å². The van der Waals surface area contributed by atoms with Gasteiger partial charge in [-0.25, -0.2) is 0 Å². The lowest BCUT2D eigenvalue weighted by molar-refractivity contribution is 0.522. The lowest BCUT2D eigenvalue weighted by atomic mass is 10.0. The van der Waals surface area contributed by atoms with E-state index < -0.39 is 0 Å². The highest BCUT2D eigenvalue weighted by Crippen LogP contribution is 2.23. The van der Waals surface area contributed by atoms with Crippen LogP contribution in [-0.2, 0) is 0 Å². The molecule has 0 amide bonds. The Morgan fingerprint density at radius 2 is 1.88 bits per heavy atom. The first-order valence-electron chi connectivity index (χ1n) is 5.37. The molecule has 0 bridgehead atoms. The lowest BCUT2D eigenvalue weighted by Gasteiger charge is -2.37. The molecule has 0 saturated heterocycles. The van der Waals surface area contributed by atoms with E-state index in [0.29, 0.717) is 5.56 Å². The van der Waals surface area contributed by atoms with Crippen LogP contribution in [0.1, 0.15) is 26.3 Å². The molecule has 0 radical (unpaired) electrons. The lowest BCUT2D eigenvalue weighted by Crippen LogP contribution is -2.41. The molecule has 0 heterocycles. The van der Waals surface area contributed by atoms with Crippen LogP contribution in [0.15, 0.2) is 36.9 Å². The zero-order valence-corrected chi connectivity index (χ0v) is 10.2. The molecule has 0 aliphatic rings. The van der Waals surface area contributed by atoms with Crippen LogP contribution >= 0.6 is 0 Å². The standard InChI is InChI=1S/C14H18N2/c1-5-10-16(14(2,3)4)13-8-6-12(11-15)7-9-13/h5-9H,1,10H2,2-4H3. The maximum atomic E-state index is 8.75. The minimum Gasteiger partial charge on any atom is -0.363 e. The van der Waals surface area contributed by atoms with Gasteiger partial charge in [-0.05, 0) is 45.0 Å². The molecule has 1 aromatic rings. The van der Waals surface area contributed by atoms with Crippen molar-refractivity contribution in [2.75, 3.05) is 11.4 Å². The number of hydrogen-bond acceptors (Lipinski definition) is 2. The van der Waals surface area contributed by atoms with Gasteiger partial charge in [-0.1, -0.05) is 6.08 Å². The number of benzene rings is 1. The van der Waals surface area contributed by atoms with E-state index in [4.69, 9.17) is 5.26 Å². The molecule has 2 heteroatoms. The summed E-state index contributed by atoms with van der Waals surface area (Å²) >= 11 is 0. The summed E-state index contributed by atoms with van der Waals surface area (Å²) in [5.41, 5.74) is 1.85. The summed E-state index contributed by atoms with van der Waals surface area (Å²) in [5, 5.41) is 8.75. The quantitative estimate of drug-likeness (QED) is 0.721. The van der Waals surface area contributed by atoms with Crippen LogP contribution in [0, 0.1) is 11.3 Å². The van der Waals surface area contributed by atoms with Gasteiger partial charge in [0.15, 0.2) is 0 Å². The van der Waals surface area contributed by atoms with Crippen LogP contribution in [-0.4, -0.2) is 12.1 Å². The van der Waals surface area contributed by atoms with Gasteiger partial charge in [-0.2, -0.15) is 5.26 Å². The Bertz CT molecular complexity index is 390. The van der Waals surface area contributed by atoms with Gasteiger partial charge in [0.25, 0.3) is 0 Å². The molecule has 0 fully saturated rings. The van der Waals surface area contributed by atoms with Crippen LogP contribution in [0.4, 0.5) is 5.69 Å². The van der Waals surface area contributed by atoms with Gasteiger partial charge in [0.1, 0.15) is 0 Å². The minimum atomic E-state index is 0.0440. The second kappa shape index (κ2) is 4.85. The minimum absolute atomic E-state index is 0.0440. The normalized spacial score (nSPS) is 10.6. The summed E-state index contributed by atoms with van der Waals surface area (Å²) in [6.45, 7) is 11.1. The molecule has 84 valence electrons. The largest absolute Gasteiger partial charge is 0.363 e. The Morgan fingerprint density at radius 3 is 2.25 bits per heavy atom. The third-order valence-corrected chi connectivity index (χ3v) is 2.43. The Labute approximate surface area is 97.8 Å². The molecule has 0 spiro atoms. The van der Waals surface area contributed by atoms with Gasteiger partial charge in [0.05, 0.1) is 11.6 Å². The van der Waals surface area contributed by atoms with E-state index in [-0.39, 0.29) is 5.54 Å². The molecule has 1 rings (SSSR count). The molecule has 0 unspecified atom stereocenters. The van der Waals surface area contributed by atoms with Crippen molar-refractivity contribution in [3.8, 4) is 6.07 Å². The molecule has 0 aliphatic carbocycles. The van der Waals surface area contributed by atoms with E-state index in [1.807, 2.05) is 30.3 Å². The molecule has 0 aromatic heterocycles. The van der Waals surface area contributed by atoms with Crippen LogP contribution in [0.3, 0.4) is 0 Å². The third kappa shape index (κ3) is 2.87. The van der Waals surface area contributed by atoms with Crippen LogP contribution in [0.5, 0.6) is 0 Å². The van der Waals surface area contributed by atoms with Crippen molar-refractivity contribution in [1.29, 1.82) is 5.26 Å². The van der Waals surface area contributed by atoms with E-state index in [1.54, 1.807) is 0 Å². The summed E-state index contributed by atoms with van der Waals surface area (Å²) < 4.78 is 0. The second-order valence-electron chi connectivity index (χ2n) is 4.73. The molecular weight excluding hydrogens is 196 g/mol. The fourth-order valence-electron chi connectivity index (χ4n) is 1.61. The average Bonchev–Trinajstić information content (AvgIpc) is 2.25. The predicted molar refractivity (Wildman–Crippen MR) is 68.5 cm³/mol. The maximum Gasteiger partial charge on any atom is 0.0991 e. The Balaban J connectivity index is 3.03. The van der Waals surface area contributed by atoms with Gasteiger partial charge in [0, 0.05) is 17.8 Å². The third-order valence-electron chi connectivity index (χ3n) is 2.43. The summed E-state index contributed by atoms with van der Waals surface area (Å²) in [6.07, 6.45) is 1.89. The van der Waals surface area contributed by atoms with Crippen molar-refractivity contribution < 1.29 is 0 Å². The molecule has 0 N–H and O–H groups in total. The van der Waals surface area contributed by atoms with Gasteiger partial charge in [-0.15, -0.1) is 6.58 Å². The predicted octanol–water partition coefficient (Wildman–Crippen LogP) is 3.35. The molecule has 1 aromatic carbocycles. The molecular formula is C14H18N2. The Hall–Kier alpha value is -1.75. The second-order valence-corrected chi connectivity index (χ2v) is 4.73. The van der Waals surface area contributed by atoms with E-state index in [0.717, 1.165) is 12.2 Å². The molecule has 16 heavy (non-hydrogen) atoms. The number of nitriles is 1. The number of hydrogen-bond donors (Lipinski definition) is 0. The first-order valence-corrected chi connectivity index (χ1v) is 5.37. The molecule has 2 nitrogen and oxygen atoms in total. The summed E-state index contributed by atoms with van der Waals surface area (Å²) in [7, 11) is 0. The van der Waals surface area contributed by atoms with Crippen molar-refractivity contribution in [2.24, 2.45) is 0 Å². The van der Waals surface area contributed by atoms with Crippen LogP contribution in [0.2, 0.25) is 0 Å². The van der Waals surface area contributed by atoms with E-state index in [2.05, 4.69) is 38.3 Å². The van der Waals surface area contributed by atoms with Crippen LogP contribution in [0.25, 0.3) is 0 Å². The van der Waals surface area contributed by atoms with Crippen molar-refractivity contribution in [3.63, 3.8) is 0 Å². The highest BCUT2D eigenvalue weighted by atomic mass is 15.2. The van der Waals surface area contributed by atoms with E-state index in [9.17, 15) is 0 Å². The van der Waals surface area contributed by atoms with Crippen molar-refractivity contribution in [2.45, 2.75) is 26.3 Å². The highest BCUT2D eigenvalue weighted by molar-refractivity contribution is 5.51. The van der Waals surface area contributed by atoms with Crippen molar-refractivity contribution in [1.82, 2.24) is 0 Å². The van der Waals surface area contributed by atoms with E-state index >= 15 is 0 Å². The van der Waals surface area contributed by atoms with Crippen LogP contribution < -0.4 is 4.90 Å². The fraction of sp³-hybridized carbons (Fsp3) is 0.357. The van der Waals surface area contributed by atoms with Crippen molar-refractivity contribution in [3.05, 3.63) is 42.5 Å². The molecule has 0 saturated carbocycles. The van der Waals surface area contributed by atoms with E-state index in [1.165, 1.54) is 0 Å². The number of anilines is 1. The zero-order valence-electron chi connectivity index (χ0n) is 10.2. The smallest absolute Gasteiger partial charge is 0.0991 e. The zero-order chi connectivity index (χ0) is 12.2. The summed E-state index contributed by atoms with van der Waals surface area (Å²) in [4.78, 5) is 2.25. The molecule has 0 aliphatic heterocycles. The first kappa shape index (κ1) is 12.3. The topological polar surface area (TPSA) is 27.0 Å². The summed E-state index contributed by atoms with van der Waals surface area (Å²) in [6, 6.07) is 9.77. The number of rotatable bonds is 3. The van der Waals surface area contributed by atoms with Gasteiger partial charge < -0.3 is 4.90 Å². The Morgan fingerprint density at radius 1 is 1.31 bits per heavy atom.